The van der Waals surface area contributed by atoms with Gasteiger partial charge in [0.2, 0.25) is 5.91 Å². The predicted molar refractivity (Wildman–Crippen MR) is 132 cm³/mol. The fourth-order valence-corrected chi connectivity index (χ4v) is 3.86. The minimum Gasteiger partial charge on any atom is -0.496 e. The van der Waals surface area contributed by atoms with Gasteiger partial charge in [-0.25, -0.2) is 0 Å². The molecule has 4 rings (SSSR count). The summed E-state index contributed by atoms with van der Waals surface area (Å²) in [5, 5.41) is 3.58. The molecule has 34 heavy (non-hydrogen) atoms. The zero-order valence-electron chi connectivity index (χ0n) is 19.0. The Labute approximate surface area is 196 Å². The molecular weight excluding hydrogens is 432 g/mol. The molecule has 0 aliphatic rings. The first-order valence-electron chi connectivity index (χ1n) is 10.5. The number of allylic oxidation sites excluding steroid dienone is 1. The molecule has 4 aromatic rings. The number of carbonyl (C=O) groups is 2. The van der Waals surface area contributed by atoms with Crippen LogP contribution < -0.4 is 20.5 Å². The van der Waals surface area contributed by atoms with Gasteiger partial charge in [0.15, 0.2) is 0 Å². The second-order valence-corrected chi connectivity index (χ2v) is 7.62. The van der Waals surface area contributed by atoms with Crippen molar-refractivity contribution in [2.24, 2.45) is 5.73 Å². The summed E-state index contributed by atoms with van der Waals surface area (Å²) >= 11 is 0. The van der Waals surface area contributed by atoms with E-state index in [0.717, 1.165) is 27.8 Å². The average Bonchev–Trinajstić information content (AvgIpc) is 3.25. The van der Waals surface area contributed by atoms with E-state index in [-0.39, 0.29) is 5.56 Å². The zero-order chi connectivity index (χ0) is 24.2. The standard InChI is InChI=1S/C27H24N2O5/c1-16(12-26(30)29-22-10-6-4-9-18(22)27(28)31)19-13-20-21(15-34-25(20)14-24(19)33-3)17-8-5-7-11-23(17)32-2/h4-15H,1-3H3,(H2,28,31)(H,29,30)/b16-12+. The van der Waals surface area contributed by atoms with Crippen LogP contribution in [0.25, 0.3) is 27.7 Å². The van der Waals surface area contributed by atoms with Crippen LogP contribution in [0.1, 0.15) is 22.8 Å². The number of methoxy groups -OCH3 is 2. The Kier molecular flexibility index (Phi) is 6.36. The Morgan fingerprint density at radius 3 is 2.35 bits per heavy atom. The third-order valence-corrected chi connectivity index (χ3v) is 5.52. The number of hydrogen-bond donors (Lipinski definition) is 2. The highest BCUT2D eigenvalue weighted by atomic mass is 16.5. The Morgan fingerprint density at radius 2 is 1.62 bits per heavy atom. The summed E-state index contributed by atoms with van der Waals surface area (Å²) in [6.45, 7) is 1.81. The fourth-order valence-electron chi connectivity index (χ4n) is 3.86. The molecular formula is C27H24N2O5. The van der Waals surface area contributed by atoms with Crippen molar-refractivity contribution in [3.8, 4) is 22.6 Å². The maximum atomic E-state index is 12.7. The van der Waals surface area contributed by atoms with Crippen LogP contribution in [0, 0.1) is 0 Å². The van der Waals surface area contributed by atoms with E-state index in [0.29, 0.717) is 22.6 Å². The van der Waals surface area contributed by atoms with Crippen molar-refractivity contribution in [1.82, 2.24) is 0 Å². The lowest BCUT2D eigenvalue weighted by Gasteiger charge is -2.11. The monoisotopic (exact) mass is 456 g/mol. The molecule has 3 aromatic carbocycles. The SMILES string of the molecule is COc1cc2occ(-c3ccccc3OC)c2cc1/C(C)=C/C(=O)Nc1ccccc1C(N)=O. The van der Waals surface area contributed by atoms with E-state index in [9.17, 15) is 9.59 Å². The Balaban J connectivity index is 1.74. The third kappa shape index (κ3) is 4.36. The lowest BCUT2D eigenvalue weighted by Crippen LogP contribution is -2.17. The van der Waals surface area contributed by atoms with Gasteiger partial charge in [0, 0.05) is 34.2 Å². The van der Waals surface area contributed by atoms with Gasteiger partial charge < -0.3 is 24.9 Å². The Hall–Kier alpha value is -4.52. The second-order valence-electron chi connectivity index (χ2n) is 7.62. The van der Waals surface area contributed by atoms with Crippen molar-refractivity contribution in [2.75, 3.05) is 19.5 Å². The molecule has 7 nitrogen and oxygen atoms in total. The highest BCUT2D eigenvalue weighted by Gasteiger charge is 2.17. The van der Waals surface area contributed by atoms with Gasteiger partial charge in [0.05, 0.1) is 31.7 Å². The summed E-state index contributed by atoms with van der Waals surface area (Å²) in [5.74, 6) is 0.271. The van der Waals surface area contributed by atoms with Crippen molar-refractivity contribution < 1.29 is 23.5 Å². The van der Waals surface area contributed by atoms with Crippen molar-refractivity contribution in [2.45, 2.75) is 6.92 Å². The third-order valence-electron chi connectivity index (χ3n) is 5.52. The summed E-state index contributed by atoms with van der Waals surface area (Å²) in [7, 11) is 3.18. The number of nitrogens with two attached hydrogens (primary N) is 1. The van der Waals surface area contributed by atoms with Gasteiger partial charge in [-0.1, -0.05) is 30.3 Å². The summed E-state index contributed by atoms with van der Waals surface area (Å²) < 4.78 is 16.9. The number of para-hydroxylation sites is 2. The van der Waals surface area contributed by atoms with Crippen molar-refractivity contribution in [1.29, 1.82) is 0 Å². The molecule has 1 heterocycles. The van der Waals surface area contributed by atoms with E-state index in [2.05, 4.69) is 5.32 Å². The van der Waals surface area contributed by atoms with Crippen molar-refractivity contribution in [3.63, 3.8) is 0 Å². The minimum absolute atomic E-state index is 0.237. The molecule has 0 saturated heterocycles. The van der Waals surface area contributed by atoms with Gasteiger partial charge in [-0.2, -0.15) is 0 Å². The van der Waals surface area contributed by atoms with Crippen LogP contribution in [0.2, 0.25) is 0 Å². The van der Waals surface area contributed by atoms with Crippen LogP contribution in [0.4, 0.5) is 5.69 Å². The summed E-state index contributed by atoms with van der Waals surface area (Å²) in [6.07, 6.45) is 3.13. The molecule has 172 valence electrons. The molecule has 0 unspecified atom stereocenters. The molecule has 3 N–H and O–H groups in total. The highest BCUT2D eigenvalue weighted by Crippen LogP contribution is 2.40. The number of anilines is 1. The van der Waals surface area contributed by atoms with Gasteiger partial charge in [-0.05, 0) is 36.8 Å². The maximum absolute atomic E-state index is 12.7. The van der Waals surface area contributed by atoms with Gasteiger partial charge in [-0.3, -0.25) is 9.59 Å². The lowest BCUT2D eigenvalue weighted by atomic mass is 9.98. The number of amides is 2. The van der Waals surface area contributed by atoms with Crippen LogP contribution in [0.3, 0.4) is 0 Å². The number of furan rings is 1. The van der Waals surface area contributed by atoms with E-state index >= 15 is 0 Å². The average molecular weight is 456 g/mol. The number of fused-ring (bicyclic) bond motifs is 1. The molecule has 0 bridgehead atoms. The van der Waals surface area contributed by atoms with E-state index < -0.39 is 11.8 Å². The van der Waals surface area contributed by atoms with Crippen LogP contribution in [0.5, 0.6) is 11.5 Å². The topological polar surface area (TPSA) is 104 Å². The molecule has 2 amide bonds. The van der Waals surface area contributed by atoms with Gasteiger partial charge in [-0.15, -0.1) is 0 Å². The number of carbonyl (C=O) groups excluding carboxylic acids is 2. The smallest absolute Gasteiger partial charge is 0.250 e. The molecule has 0 aliphatic carbocycles. The quantitative estimate of drug-likeness (QED) is 0.369. The Morgan fingerprint density at radius 1 is 0.912 bits per heavy atom. The first-order valence-corrected chi connectivity index (χ1v) is 10.5. The number of benzene rings is 3. The van der Waals surface area contributed by atoms with Gasteiger partial charge in [0.1, 0.15) is 17.1 Å². The first-order chi connectivity index (χ1) is 16.4. The van der Waals surface area contributed by atoms with Crippen molar-refractivity contribution >= 4 is 34.0 Å². The number of nitrogens with one attached hydrogen (secondary N) is 1. The van der Waals surface area contributed by atoms with Crippen LogP contribution in [0.15, 0.2) is 77.4 Å². The normalized spacial score (nSPS) is 11.3. The van der Waals surface area contributed by atoms with Gasteiger partial charge in [0.25, 0.3) is 5.91 Å². The molecule has 1 aromatic heterocycles. The predicted octanol–water partition coefficient (Wildman–Crippen LogP) is 5.26. The molecule has 0 aliphatic heterocycles. The summed E-state index contributed by atoms with van der Waals surface area (Å²) in [6, 6.07) is 18.0. The summed E-state index contributed by atoms with van der Waals surface area (Å²) in [5.41, 5.74) is 9.79. The van der Waals surface area contributed by atoms with Crippen LogP contribution >= 0.6 is 0 Å². The van der Waals surface area contributed by atoms with E-state index in [1.165, 1.54) is 6.08 Å². The fraction of sp³-hybridized carbons (Fsp3) is 0.111. The zero-order valence-corrected chi connectivity index (χ0v) is 19.0. The number of rotatable bonds is 7. The van der Waals surface area contributed by atoms with Crippen molar-refractivity contribution in [3.05, 3.63) is 84.1 Å². The number of primary amides is 1. The van der Waals surface area contributed by atoms with Crippen LogP contribution in [-0.2, 0) is 4.79 Å². The van der Waals surface area contributed by atoms with E-state index in [4.69, 9.17) is 19.6 Å². The first kappa shape index (κ1) is 22.7. The molecule has 0 fully saturated rings. The highest BCUT2D eigenvalue weighted by molar-refractivity contribution is 6.09. The number of hydrogen-bond acceptors (Lipinski definition) is 5. The maximum Gasteiger partial charge on any atom is 0.250 e. The molecule has 0 saturated carbocycles. The van der Waals surface area contributed by atoms with Crippen LogP contribution in [-0.4, -0.2) is 26.0 Å². The molecule has 0 radical (unpaired) electrons. The minimum atomic E-state index is -0.618. The van der Waals surface area contributed by atoms with Gasteiger partial charge >= 0.3 is 0 Å². The molecule has 0 atom stereocenters. The lowest BCUT2D eigenvalue weighted by molar-refractivity contribution is -0.111. The summed E-state index contributed by atoms with van der Waals surface area (Å²) in [4.78, 5) is 24.4. The largest absolute Gasteiger partial charge is 0.496 e. The molecule has 7 heteroatoms. The van der Waals surface area contributed by atoms with E-state index in [1.807, 2.05) is 37.3 Å². The Bertz CT molecular complexity index is 1420. The van der Waals surface area contributed by atoms with E-state index in [1.54, 1.807) is 50.8 Å². The number of ether oxygens (including phenoxy) is 2. The molecule has 0 spiro atoms. The second kappa shape index (κ2) is 9.54.